The van der Waals surface area contributed by atoms with Crippen LogP contribution in [-0.2, 0) is 16.1 Å². The van der Waals surface area contributed by atoms with Crippen LogP contribution >= 0.6 is 0 Å². The minimum Gasteiger partial charge on any atom is -0.380 e. The van der Waals surface area contributed by atoms with Crippen molar-refractivity contribution in [1.82, 2.24) is 10.6 Å². The molecule has 2 unspecified atom stereocenters. The third kappa shape index (κ3) is 3.56. The molecule has 2 N–H and O–H groups in total. The Morgan fingerprint density at radius 2 is 2.33 bits per heavy atom. The maximum absolute atomic E-state index is 12.0. The molecule has 1 saturated heterocycles. The zero-order valence-electron chi connectivity index (χ0n) is 12.1. The smallest absolute Gasteiger partial charge is 0.272 e. The molecule has 114 valence electrons. The Kier molecular flexibility index (Phi) is 4.87. The predicted molar refractivity (Wildman–Crippen MR) is 76.9 cm³/mol. The lowest BCUT2D eigenvalue weighted by Crippen LogP contribution is -2.40. The summed E-state index contributed by atoms with van der Waals surface area (Å²) in [6.07, 6.45) is 0.691. The van der Waals surface area contributed by atoms with Crippen LogP contribution in [0.4, 0.5) is 5.69 Å². The Morgan fingerprint density at radius 3 is 2.95 bits per heavy atom. The number of carbonyl (C=O) groups excluding carboxylic acids is 1. The largest absolute Gasteiger partial charge is 0.380 e. The fraction of sp³-hybridized carbons (Fsp3) is 0.500. The van der Waals surface area contributed by atoms with E-state index in [1.165, 1.54) is 6.07 Å². The lowest BCUT2D eigenvalue weighted by atomic mass is 10.1. The average molecular weight is 293 g/mol. The predicted octanol–water partition coefficient (Wildman–Crippen LogP) is 0.896. The fourth-order valence-electron chi connectivity index (χ4n) is 2.45. The minimum absolute atomic E-state index is 0.0558. The molecule has 0 aliphatic carbocycles. The van der Waals surface area contributed by atoms with Gasteiger partial charge >= 0.3 is 0 Å². The second-order valence-electron chi connectivity index (χ2n) is 5.09. The normalized spacial score (nSPS) is 21.2. The maximum Gasteiger partial charge on any atom is 0.272 e. The van der Waals surface area contributed by atoms with Gasteiger partial charge in [-0.1, -0.05) is 12.1 Å². The molecule has 2 rings (SSSR count). The number of benzene rings is 1. The highest BCUT2D eigenvalue weighted by atomic mass is 16.6. The van der Waals surface area contributed by atoms with Crippen molar-refractivity contribution in [2.24, 2.45) is 0 Å². The highest BCUT2D eigenvalue weighted by Gasteiger charge is 2.29. The first-order chi connectivity index (χ1) is 10.0. The number of nitrogens with one attached hydrogen (secondary N) is 2. The summed E-state index contributed by atoms with van der Waals surface area (Å²) in [5.41, 5.74) is 1.40. The van der Waals surface area contributed by atoms with Crippen LogP contribution in [0, 0.1) is 17.0 Å². The third-order valence-corrected chi connectivity index (χ3v) is 3.81. The molecule has 7 heteroatoms. The average Bonchev–Trinajstić information content (AvgIpc) is 2.94. The highest BCUT2D eigenvalue weighted by Crippen LogP contribution is 2.21. The van der Waals surface area contributed by atoms with Crippen LogP contribution in [0.2, 0.25) is 0 Å². The van der Waals surface area contributed by atoms with Gasteiger partial charge in [-0.05, 0) is 18.9 Å². The summed E-state index contributed by atoms with van der Waals surface area (Å²) in [4.78, 5) is 22.5. The van der Waals surface area contributed by atoms with Crippen molar-refractivity contribution < 1.29 is 14.5 Å². The summed E-state index contributed by atoms with van der Waals surface area (Å²) in [6.45, 7) is 2.63. The molecule has 1 fully saturated rings. The number of hydrogen-bond donors (Lipinski definition) is 2. The Hall–Kier alpha value is -1.99. The first-order valence-corrected chi connectivity index (χ1v) is 6.79. The topological polar surface area (TPSA) is 93.5 Å². The van der Waals surface area contributed by atoms with E-state index in [-0.39, 0.29) is 30.3 Å². The molecular formula is C14H19N3O4. The summed E-state index contributed by atoms with van der Waals surface area (Å²) < 4.78 is 5.20. The number of ether oxygens (including phenoxy) is 1. The van der Waals surface area contributed by atoms with Crippen LogP contribution in [0.15, 0.2) is 18.2 Å². The Labute approximate surface area is 122 Å². The second-order valence-corrected chi connectivity index (χ2v) is 5.09. The van der Waals surface area contributed by atoms with Crippen LogP contribution in [-0.4, -0.2) is 36.6 Å². The van der Waals surface area contributed by atoms with Crippen LogP contribution < -0.4 is 10.6 Å². The van der Waals surface area contributed by atoms with E-state index in [0.717, 1.165) is 5.56 Å². The zero-order chi connectivity index (χ0) is 15.4. The van der Waals surface area contributed by atoms with Gasteiger partial charge in [-0.3, -0.25) is 14.9 Å². The molecule has 1 aromatic carbocycles. The van der Waals surface area contributed by atoms with E-state index in [0.29, 0.717) is 18.5 Å². The van der Waals surface area contributed by atoms with Gasteiger partial charge in [-0.25, -0.2) is 0 Å². The molecule has 0 saturated carbocycles. The maximum atomic E-state index is 12.0. The third-order valence-electron chi connectivity index (χ3n) is 3.81. The molecule has 0 radical (unpaired) electrons. The number of carbonyl (C=O) groups is 1. The van der Waals surface area contributed by atoms with Gasteiger partial charge in [0.25, 0.3) is 5.69 Å². The van der Waals surface area contributed by atoms with E-state index in [1.807, 2.05) is 0 Å². The van der Waals surface area contributed by atoms with E-state index in [9.17, 15) is 14.9 Å². The molecule has 0 spiro atoms. The summed E-state index contributed by atoms with van der Waals surface area (Å²) in [5.74, 6) is -0.111. The zero-order valence-corrected chi connectivity index (χ0v) is 12.1. The van der Waals surface area contributed by atoms with Gasteiger partial charge in [0.2, 0.25) is 5.91 Å². The quantitative estimate of drug-likeness (QED) is 0.621. The summed E-state index contributed by atoms with van der Waals surface area (Å²) >= 11 is 0. The van der Waals surface area contributed by atoms with Crippen LogP contribution in [0.5, 0.6) is 0 Å². The molecular weight excluding hydrogens is 274 g/mol. The van der Waals surface area contributed by atoms with E-state index < -0.39 is 4.92 Å². The molecule has 0 bridgehead atoms. The molecule has 0 aromatic heterocycles. The molecule has 21 heavy (non-hydrogen) atoms. The van der Waals surface area contributed by atoms with Crippen LogP contribution in [0.25, 0.3) is 0 Å². The molecule has 7 nitrogen and oxygen atoms in total. The van der Waals surface area contributed by atoms with E-state index >= 15 is 0 Å². The molecule has 1 amide bonds. The number of rotatable bonds is 5. The van der Waals surface area contributed by atoms with Gasteiger partial charge in [-0.2, -0.15) is 0 Å². The number of amides is 1. The van der Waals surface area contributed by atoms with Crippen molar-refractivity contribution >= 4 is 11.6 Å². The second kappa shape index (κ2) is 6.64. The van der Waals surface area contributed by atoms with Gasteiger partial charge in [-0.15, -0.1) is 0 Å². The molecule has 1 heterocycles. The first kappa shape index (κ1) is 15.4. The van der Waals surface area contributed by atoms with Gasteiger partial charge in [0.05, 0.1) is 17.1 Å². The Morgan fingerprint density at radius 1 is 1.57 bits per heavy atom. The van der Waals surface area contributed by atoms with Gasteiger partial charge in [0.1, 0.15) is 0 Å². The van der Waals surface area contributed by atoms with E-state index in [1.54, 1.807) is 26.2 Å². The summed E-state index contributed by atoms with van der Waals surface area (Å²) in [7, 11) is 1.62. The standard InChI is InChI=1S/C14H19N3O4/c1-9-10(4-3-5-13(9)17(19)20)7-16-14(18)12-6-11(21-2)8-15-12/h3-5,11-12,15H,6-8H2,1-2H3,(H,16,18). The number of methoxy groups -OCH3 is 1. The van der Waals surface area contributed by atoms with Crippen LogP contribution in [0.1, 0.15) is 17.5 Å². The molecule has 1 aliphatic heterocycles. The van der Waals surface area contributed by atoms with Crippen molar-refractivity contribution in [1.29, 1.82) is 0 Å². The molecule has 2 atom stereocenters. The summed E-state index contributed by atoms with van der Waals surface area (Å²) in [6, 6.07) is 4.60. The number of nitro groups is 1. The fourth-order valence-corrected chi connectivity index (χ4v) is 2.45. The van der Waals surface area contributed by atoms with Crippen molar-refractivity contribution in [2.45, 2.75) is 32.0 Å². The van der Waals surface area contributed by atoms with Crippen LogP contribution in [0.3, 0.4) is 0 Å². The van der Waals surface area contributed by atoms with Gasteiger partial charge in [0, 0.05) is 31.8 Å². The minimum atomic E-state index is -0.414. The van der Waals surface area contributed by atoms with Crippen molar-refractivity contribution in [2.75, 3.05) is 13.7 Å². The van der Waals surface area contributed by atoms with E-state index in [4.69, 9.17) is 4.74 Å². The Bertz CT molecular complexity index is 547. The van der Waals surface area contributed by atoms with Crippen molar-refractivity contribution in [3.8, 4) is 0 Å². The number of nitrogens with zero attached hydrogens (tertiary/aromatic N) is 1. The van der Waals surface area contributed by atoms with Gasteiger partial charge < -0.3 is 15.4 Å². The first-order valence-electron chi connectivity index (χ1n) is 6.79. The number of hydrogen-bond acceptors (Lipinski definition) is 5. The van der Waals surface area contributed by atoms with Gasteiger partial charge in [0.15, 0.2) is 0 Å². The highest BCUT2D eigenvalue weighted by molar-refractivity contribution is 5.82. The lowest BCUT2D eigenvalue weighted by Gasteiger charge is -2.12. The number of nitro benzene ring substituents is 1. The van der Waals surface area contributed by atoms with E-state index in [2.05, 4.69) is 10.6 Å². The summed E-state index contributed by atoms with van der Waals surface area (Å²) in [5, 5.41) is 16.8. The SMILES string of the molecule is COC1CNC(C(=O)NCc2cccc([N+](=O)[O-])c2C)C1. The Balaban J connectivity index is 1.96. The van der Waals surface area contributed by atoms with Crippen molar-refractivity contribution in [3.05, 3.63) is 39.4 Å². The van der Waals surface area contributed by atoms with Crippen molar-refractivity contribution in [3.63, 3.8) is 0 Å². The monoisotopic (exact) mass is 293 g/mol. The molecule has 1 aliphatic rings. The molecule has 1 aromatic rings. The lowest BCUT2D eigenvalue weighted by molar-refractivity contribution is -0.385.